The van der Waals surface area contributed by atoms with Crippen LogP contribution >= 0.6 is 15.6 Å². The highest BCUT2D eigenvalue weighted by molar-refractivity contribution is 7.47. The second-order valence-electron chi connectivity index (χ2n) is 28.0. The zero-order chi connectivity index (χ0) is 69.3. The van der Waals surface area contributed by atoms with Gasteiger partial charge >= 0.3 is 39.5 Å². The molecule has 0 saturated heterocycles. The first-order valence-corrected chi connectivity index (χ1v) is 42.0. The molecule has 0 aliphatic carbocycles. The number of phosphoric acid groups is 2. The first-order valence-electron chi connectivity index (χ1n) is 39.0. The van der Waals surface area contributed by atoms with E-state index in [-0.39, 0.29) is 25.7 Å². The molecular weight excluding hydrogens is 1230 g/mol. The van der Waals surface area contributed by atoms with Gasteiger partial charge < -0.3 is 33.8 Å². The molecule has 0 aromatic carbocycles. The predicted molar refractivity (Wildman–Crippen MR) is 381 cm³/mol. The third-order valence-electron chi connectivity index (χ3n) is 17.5. The van der Waals surface area contributed by atoms with Gasteiger partial charge in [-0.25, -0.2) is 9.13 Å². The number of aliphatic hydroxyl groups excluding tert-OH is 1. The summed E-state index contributed by atoms with van der Waals surface area (Å²) < 4.78 is 68.3. The standard InChI is InChI=1S/C75H146O17P2/c1-7-9-11-13-15-16-17-18-19-20-21-22-23-26-30-33-36-40-47-53-59-74(79)91-70(64-86-73(78)58-52-46-39-35-32-29-27-24-25-28-31-34-38-43-49-55-67(3)4)65-89-93(81,82)87-61-69(76)62-88-94(83,84)90-66-71(63-85-72(77)57-51-45-37-14-12-10-8-2)92-75(80)60-54-48-42-41-44-50-56-68(5)6/h67-71,76H,7-66H2,1-6H3,(H,81,82)(H,83,84)/t69-,70-,71-/m1/s1. The summed E-state index contributed by atoms with van der Waals surface area (Å²) in [6.45, 7) is 9.47. The smallest absolute Gasteiger partial charge is 0.462 e. The van der Waals surface area contributed by atoms with Crippen molar-refractivity contribution >= 4 is 39.5 Å². The van der Waals surface area contributed by atoms with E-state index >= 15 is 0 Å². The van der Waals surface area contributed by atoms with Crippen LogP contribution in [0.2, 0.25) is 0 Å². The molecule has 0 aromatic rings. The highest BCUT2D eigenvalue weighted by Gasteiger charge is 2.30. The van der Waals surface area contributed by atoms with Crippen LogP contribution in [-0.4, -0.2) is 96.7 Å². The fraction of sp³-hybridized carbons (Fsp3) is 0.947. The maximum Gasteiger partial charge on any atom is 0.472 e. The first kappa shape index (κ1) is 92.1. The van der Waals surface area contributed by atoms with Crippen molar-refractivity contribution in [1.29, 1.82) is 0 Å². The molecule has 0 saturated carbocycles. The minimum absolute atomic E-state index is 0.102. The Hall–Kier alpha value is -1.94. The van der Waals surface area contributed by atoms with Crippen molar-refractivity contribution in [2.24, 2.45) is 11.8 Å². The van der Waals surface area contributed by atoms with Crippen molar-refractivity contribution in [3.05, 3.63) is 0 Å². The van der Waals surface area contributed by atoms with Crippen molar-refractivity contribution in [3.8, 4) is 0 Å². The topological polar surface area (TPSA) is 237 Å². The molecule has 0 rings (SSSR count). The first-order chi connectivity index (χ1) is 45.4. The van der Waals surface area contributed by atoms with Crippen LogP contribution in [0.15, 0.2) is 0 Å². The number of carbonyl (C=O) groups excluding carboxylic acids is 4. The normalized spacial score (nSPS) is 14.0. The Kier molecular flexibility index (Phi) is 65.5. The fourth-order valence-electron chi connectivity index (χ4n) is 11.5. The van der Waals surface area contributed by atoms with Crippen LogP contribution in [0.5, 0.6) is 0 Å². The molecule has 0 fully saturated rings. The molecule has 0 radical (unpaired) electrons. The summed E-state index contributed by atoms with van der Waals surface area (Å²) in [6.07, 6.45) is 54.6. The molecule has 0 bridgehead atoms. The van der Waals surface area contributed by atoms with Gasteiger partial charge in [0.25, 0.3) is 0 Å². The zero-order valence-electron chi connectivity index (χ0n) is 61.3. The van der Waals surface area contributed by atoms with Crippen molar-refractivity contribution < 1.29 is 80.2 Å². The minimum atomic E-state index is -4.96. The molecule has 0 heterocycles. The van der Waals surface area contributed by atoms with Gasteiger partial charge in [0.1, 0.15) is 19.3 Å². The number of phosphoric ester groups is 2. The van der Waals surface area contributed by atoms with Crippen molar-refractivity contribution in [2.45, 2.75) is 407 Å². The third-order valence-corrected chi connectivity index (χ3v) is 19.4. The van der Waals surface area contributed by atoms with Gasteiger partial charge in [-0.1, -0.05) is 337 Å². The van der Waals surface area contributed by atoms with Crippen molar-refractivity contribution in [2.75, 3.05) is 39.6 Å². The number of ether oxygens (including phenoxy) is 4. The molecule has 0 amide bonds. The SMILES string of the molecule is CCCCCCCCCCCCCCCCCCCCCCC(=O)O[C@H](COC(=O)CCCCCCCCCCCCCCCCCC(C)C)COP(=O)(O)OC[C@@H](O)COP(=O)(O)OC[C@@H](COC(=O)CCCCCCCCC)OC(=O)CCCCCCCCC(C)C. The Bertz CT molecular complexity index is 1820. The van der Waals surface area contributed by atoms with E-state index in [0.717, 1.165) is 109 Å². The average molecular weight is 1380 g/mol. The van der Waals surface area contributed by atoms with Crippen LogP contribution < -0.4 is 0 Å². The Labute approximate surface area is 575 Å². The number of hydrogen-bond acceptors (Lipinski definition) is 15. The van der Waals surface area contributed by atoms with Crippen molar-refractivity contribution in [3.63, 3.8) is 0 Å². The molecule has 0 aliphatic heterocycles. The Morgan fingerprint density at radius 1 is 0.287 bits per heavy atom. The van der Waals surface area contributed by atoms with E-state index in [2.05, 4.69) is 41.5 Å². The van der Waals surface area contributed by atoms with Gasteiger partial charge in [-0.3, -0.25) is 37.3 Å². The highest BCUT2D eigenvalue weighted by Crippen LogP contribution is 2.45. The lowest BCUT2D eigenvalue weighted by molar-refractivity contribution is -0.161. The molecule has 94 heavy (non-hydrogen) atoms. The van der Waals surface area contributed by atoms with E-state index in [9.17, 15) is 43.2 Å². The quantitative estimate of drug-likeness (QED) is 0.0222. The van der Waals surface area contributed by atoms with E-state index in [1.54, 1.807) is 0 Å². The molecule has 5 atom stereocenters. The lowest BCUT2D eigenvalue weighted by atomic mass is 10.0. The van der Waals surface area contributed by atoms with Gasteiger partial charge in [-0.2, -0.15) is 0 Å². The van der Waals surface area contributed by atoms with Crippen LogP contribution in [0.4, 0.5) is 0 Å². The zero-order valence-corrected chi connectivity index (χ0v) is 63.1. The van der Waals surface area contributed by atoms with Gasteiger partial charge in [-0.15, -0.1) is 0 Å². The molecule has 2 unspecified atom stereocenters. The molecule has 17 nitrogen and oxygen atoms in total. The number of aliphatic hydroxyl groups is 1. The summed E-state index contributed by atoms with van der Waals surface area (Å²) in [5.74, 6) is -0.651. The largest absolute Gasteiger partial charge is 0.472 e. The second-order valence-corrected chi connectivity index (χ2v) is 30.9. The Balaban J connectivity index is 5.15. The van der Waals surface area contributed by atoms with Gasteiger partial charge in [0.05, 0.1) is 26.4 Å². The van der Waals surface area contributed by atoms with Crippen LogP contribution in [0.25, 0.3) is 0 Å². The maximum absolute atomic E-state index is 13.1. The summed E-state index contributed by atoms with van der Waals surface area (Å²) >= 11 is 0. The molecule has 19 heteroatoms. The average Bonchev–Trinajstić information content (AvgIpc) is 1.14. The monoisotopic (exact) mass is 1380 g/mol. The van der Waals surface area contributed by atoms with Crippen molar-refractivity contribution in [1.82, 2.24) is 0 Å². The van der Waals surface area contributed by atoms with E-state index < -0.39 is 97.5 Å². The highest BCUT2D eigenvalue weighted by atomic mass is 31.2. The molecule has 558 valence electrons. The number of hydrogen-bond donors (Lipinski definition) is 3. The third kappa shape index (κ3) is 68.6. The van der Waals surface area contributed by atoms with Crippen LogP contribution in [0, 0.1) is 11.8 Å². The van der Waals surface area contributed by atoms with E-state index in [4.69, 9.17) is 37.0 Å². The summed E-state index contributed by atoms with van der Waals surface area (Å²) in [4.78, 5) is 72.5. The number of unbranched alkanes of at least 4 members (excludes halogenated alkanes) is 44. The summed E-state index contributed by atoms with van der Waals surface area (Å²) in [7, 11) is -9.90. The van der Waals surface area contributed by atoms with Crippen LogP contribution in [0.1, 0.15) is 388 Å². The summed E-state index contributed by atoms with van der Waals surface area (Å²) in [5.41, 5.74) is 0. The van der Waals surface area contributed by atoms with Crippen LogP contribution in [0.3, 0.4) is 0 Å². The second kappa shape index (κ2) is 66.9. The molecule has 0 aliphatic rings. The van der Waals surface area contributed by atoms with E-state index in [0.29, 0.717) is 31.6 Å². The van der Waals surface area contributed by atoms with E-state index in [1.807, 2.05) is 0 Å². The predicted octanol–water partition coefficient (Wildman–Crippen LogP) is 21.9. The minimum Gasteiger partial charge on any atom is -0.462 e. The Morgan fingerprint density at radius 3 is 0.723 bits per heavy atom. The van der Waals surface area contributed by atoms with Gasteiger partial charge in [0, 0.05) is 25.7 Å². The lowest BCUT2D eigenvalue weighted by Crippen LogP contribution is -2.30. The number of esters is 4. The Morgan fingerprint density at radius 2 is 0.489 bits per heavy atom. The number of carbonyl (C=O) groups is 4. The van der Waals surface area contributed by atoms with Gasteiger partial charge in [-0.05, 0) is 37.5 Å². The van der Waals surface area contributed by atoms with Gasteiger partial charge in [0.2, 0.25) is 0 Å². The molecule has 0 aromatic heterocycles. The maximum atomic E-state index is 13.1. The molecule has 0 spiro atoms. The summed E-state index contributed by atoms with van der Waals surface area (Å²) in [5, 5.41) is 10.6. The van der Waals surface area contributed by atoms with Gasteiger partial charge in [0.15, 0.2) is 12.2 Å². The summed E-state index contributed by atoms with van der Waals surface area (Å²) in [6, 6.07) is 0. The van der Waals surface area contributed by atoms with E-state index in [1.165, 1.54) is 193 Å². The number of rotatable bonds is 74. The molecular formula is C75H146O17P2. The fourth-order valence-corrected chi connectivity index (χ4v) is 13.1. The van der Waals surface area contributed by atoms with Crippen LogP contribution in [-0.2, 0) is 65.4 Å². The molecule has 3 N–H and O–H groups in total. The lowest BCUT2D eigenvalue weighted by Gasteiger charge is -2.21.